The molecule has 0 aliphatic carbocycles. The Hall–Kier alpha value is -1.11. The van der Waals surface area contributed by atoms with Crippen molar-refractivity contribution in [1.82, 2.24) is 4.90 Å². The maximum atomic E-state index is 11.7. The smallest absolute Gasteiger partial charge is 0.321 e. The van der Waals surface area contributed by atoms with Crippen LogP contribution in [0.5, 0.6) is 0 Å². The van der Waals surface area contributed by atoms with E-state index in [-0.39, 0.29) is 25.8 Å². The molecule has 0 saturated carbocycles. The number of aliphatic hydroxyl groups excluding tert-OH is 2. The van der Waals surface area contributed by atoms with Gasteiger partial charge in [-0.1, -0.05) is 0 Å². The number of nitrogens with one attached hydrogen (secondary N) is 1. The van der Waals surface area contributed by atoms with Gasteiger partial charge in [-0.15, -0.1) is 0 Å². The van der Waals surface area contributed by atoms with Crippen LogP contribution < -0.4 is 5.32 Å². The van der Waals surface area contributed by atoms with Crippen LogP contribution >= 0.6 is 11.3 Å². The topological polar surface area (TPSA) is 72.8 Å². The quantitative estimate of drug-likeness (QED) is 0.698. The zero-order valence-electron chi connectivity index (χ0n) is 8.93. The van der Waals surface area contributed by atoms with E-state index in [0.717, 1.165) is 5.69 Å². The van der Waals surface area contributed by atoms with Crippen molar-refractivity contribution in [2.45, 2.75) is 6.42 Å². The highest BCUT2D eigenvalue weighted by atomic mass is 32.1. The number of anilines is 1. The molecule has 0 aliphatic heterocycles. The van der Waals surface area contributed by atoms with E-state index in [0.29, 0.717) is 13.0 Å². The predicted molar refractivity (Wildman–Crippen MR) is 63.7 cm³/mol. The molecular weight excluding hydrogens is 228 g/mol. The zero-order chi connectivity index (χ0) is 11.8. The molecule has 5 nitrogen and oxygen atoms in total. The van der Waals surface area contributed by atoms with E-state index in [1.807, 2.05) is 16.8 Å². The first-order valence-electron chi connectivity index (χ1n) is 5.07. The largest absolute Gasteiger partial charge is 0.396 e. The van der Waals surface area contributed by atoms with Gasteiger partial charge in [0.25, 0.3) is 0 Å². The van der Waals surface area contributed by atoms with Gasteiger partial charge in [0.15, 0.2) is 0 Å². The van der Waals surface area contributed by atoms with Gasteiger partial charge in [-0.25, -0.2) is 4.79 Å². The molecule has 0 aromatic carbocycles. The highest BCUT2D eigenvalue weighted by molar-refractivity contribution is 7.08. The minimum absolute atomic E-state index is 0.0354. The number of thiophene rings is 1. The number of hydrogen-bond acceptors (Lipinski definition) is 4. The lowest BCUT2D eigenvalue weighted by Crippen LogP contribution is -2.38. The Labute approximate surface area is 98.3 Å². The van der Waals surface area contributed by atoms with Crippen LogP contribution in [0.4, 0.5) is 10.5 Å². The Morgan fingerprint density at radius 3 is 2.75 bits per heavy atom. The summed E-state index contributed by atoms with van der Waals surface area (Å²) in [7, 11) is 0. The molecule has 0 spiro atoms. The summed E-state index contributed by atoms with van der Waals surface area (Å²) in [4.78, 5) is 13.2. The summed E-state index contributed by atoms with van der Waals surface area (Å²) in [6.45, 7) is 0.666. The van der Waals surface area contributed by atoms with Gasteiger partial charge >= 0.3 is 6.03 Å². The molecule has 6 heteroatoms. The molecule has 0 aliphatic rings. The maximum absolute atomic E-state index is 11.7. The Balaban J connectivity index is 2.46. The summed E-state index contributed by atoms with van der Waals surface area (Å²) in [6, 6.07) is 1.56. The Morgan fingerprint density at radius 1 is 1.38 bits per heavy atom. The van der Waals surface area contributed by atoms with Gasteiger partial charge in [0.2, 0.25) is 0 Å². The third kappa shape index (κ3) is 4.18. The van der Waals surface area contributed by atoms with Crippen LogP contribution in [-0.4, -0.2) is 47.4 Å². The molecule has 0 radical (unpaired) electrons. The Bertz CT molecular complexity index is 303. The number of carbonyl (C=O) groups excluding carboxylic acids is 1. The van der Waals surface area contributed by atoms with Crippen molar-refractivity contribution in [3.05, 3.63) is 16.8 Å². The molecule has 90 valence electrons. The van der Waals surface area contributed by atoms with E-state index < -0.39 is 0 Å². The van der Waals surface area contributed by atoms with Crippen LogP contribution in [0.3, 0.4) is 0 Å². The number of nitrogens with zero attached hydrogens (tertiary/aromatic N) is 1. The van der Waals surface area contributed by atoms with E-state index in [9.17, 15) is 4.79 Å². The maximum Gasteiger partial charge on any atom is 0.321 e. The fourth-order valence-electron chi connectivity index (χ4n) is 1.24. The Kier molecular flexibility index (Phi) is 5.84. The van der Waals surface area contributed by atoms with Gasteiger partial charge in [-0.2, -0.15) is 11.3 Å². The molecule has 1 rings (SSSR count). The first-order valence-corrected chi connectivity index (χ1v) is 6.02. The fourth-order valence-corrected chi connectivity index (χ4v) is 1.82. The van der Waals surface area contributed by atoms with Crippen molar-refractivity contribution >= 4 is 23.1 Å². The highest BCUT2D eigenvalue weighted by Crippen LogP contribution is 2.12. The summed E-state index contributed by atoms with van der Waals surface area (Å²) in [5.74, 6) is 0. The van der Waals surface area contributed by atoms with E-state index in [4.69, 9.17) is 10.2 Å². The average molecular weight is 244 g/mol. The lowest BCUT2D eigenvalue weighted by atomic mass is 10.4. The lowest BCUT2D eigenvalue weighted by molar-refractivity contribution is 0.180. The van der Waals surface area contributed by atoms with E-state index in [1.54, 1.807) is 0 Å². The first-order chi connectivity index (χ1) is 7.77. The number of carbonyl (C=O) groups is 1. The number of rotatable bonds is 6. The normalized spacial score (nSPS) is 10.1. The van der Waals surface area contributed by atoms with Crippen LogP contribution in [0.1, 0.15) is 6.42 Å². The molecule has 3 N–H and O–H groups in total. The molecule has 0 bridgehead atoms. The third-order valence-electron chi connectivity index (χ3n) is 2.02. The number of hydrogen-bond donors (Lipinski definition) is 3. The first kappa shape index (κ1) is 13.0. The van der Waals surface area contributed by atoms with Crippen LogP contribution in [0.25, 0.3) is 0 Å². The zero-order valence-corrected chi connectivity index (χ0v) is 9.74. The second kappa shape index (κ2) is 7.21. The van der Waals surface area contributed by atoms with Gasteiger partial charge in [0.1, 0.15) is 0 Å². The average Bonchev–Trinajstić information content (AvgIpc) is 2.76. The number of aliphatic hydroxyl groups is 2. The van der Waals surface area contributed by atoms with Crippen LogP contribution in [0.15, 0.2) is 16.8 Å². The summed E-state index contributed by atoms with van der Waals surface area (Å²) in [6.07, 6.45) is 0.511. The van der Waals surface area contributed by atoms with Gasteiger partial charge in [0, 0.05) is 25.1 Å². The van der Waals surface area contributed by atoms with E-state index in [1.165, 1.54) is 16.2 Å². The van der Waals surface area contributed by atoms with Crippen molar-refractivity contribution < 1.29 is 15.0 Å². The molecule has 1 aromatic heterocycles. The van der Waals surface area contributed by atoms with Crippen LogP contribution in [0.2, 0.25) is 0 Å². The number of amides is 2. The third-order valence-corrected chi connectivity index (χ3v) is 2.70. The molecule has 0 atom stereocenters. The highest BCUT2D eigenvalue weighted by Gasteiger charge is 2.12. The molecule has 1 aromatic rings. The molecule has 0 saturated heterocycles. The van der Waals surface area contributed by atoms with Crippen LogP contribution in [0, 0.1) is 0 Å². The van der Waals surface area contributed by atoms with Crippen molar-refractivity contribution in [1.29, 1.82) is 0 Å². The van der Waals surface area contributed by atoms with Gasteiger partial charge < -0.3 is 20.4 Å². The molecular formula is C10H16N2O3S. The standard InChI is InChI=1S/C10H16N2O3S/c13-5-1-3-12(4-6-14)10(15)11-9-2-7-16-8-9/h2,7-8,13-14H,1,3-6H2,(H,11,15). The second-order valence-electron chi connectivity index (χ2n) is 3.23. The van der Waals surface area contributed by atoms with Crippen molar-refractivity contribution in [2.24, 2.45) is 0 Å². The van der Waals surface area contributed by atoms with Gasteiger partial charge in [-0.05, 0) is 17.9 Å². The minimum Gasteiger partial charge on any atom is -0.396 e. The SMILES string of the molecule is O=C(Nc1ccsc1)N(CCO)CCCO. The molecule has 1 heterocycles. The Morgan fingerprint density at radius 2 is 2.19 bits per heavy atom. The fraction of sp³-hybridized carbons (Fsp3) is 0.500. The summed E-state index contributed by atoms with van der Waals surface area (Å²) in [5, 5.41) is 24.0. The predicted octanol–water partition coefficient (Wildman–Crippen LogP) is 0.957. The molecule has 2 amide bonds. The molecule has 0 fully saturated rings. The molecule has 16 heavy (non-hydrogen) atoms. The minimum atomic E-state index is -0.249. The summed E-state index contributed by atoms with van der Waals surface area (Å²) in [5.41, 5.74) is 0.752. The van der Waals surface area contributed by atoms with Crippen molar-refractivity contribution in [2.75, 3.05) is 31.6 Å². The van der Waals surface area contributed by atoms with E-state index in [2.05, 4.69) is 5.32 Å². The van der Waals surface area contributed by atoms with Gasteiger partial charge in [-0.3, -0.25) is 0 Å². The molecule has 0 unspecified atom stereocenters. The summed E-state index contributed by atoms with van der Waals surface area (Å²) < 4.78 is 0. The monoisotopic (exact) mass is 244 g/mol. The van der Waals surface area contributed by atoms with Crippen molar-refractivity contribution in [3.8, 4) is 0 Å². The van der Waals surface area contributed by atoms with E-state index >= 15 is 0 Å². The second-order valence-corrected chi connectivity index (χ2v) is 4.01. The van der Waals surface area contributed by atoms with Crippen LogP contribution in [-0.2, 0) is 0 Å². The number of urea groups is 1. The summed E-state index contributed by atoms with van der Waals surface area (Å²) >= 11 is 1.50. The van der Waals surface area contributed by atoms with Crippen molar-refractivity contribution in [3.63, 3.8) is 0 Å². The van der Waals surface area contributed by atoms with Gasteiger partial charge in [0.05, 0.1) is 12.3 Å². The lowest BCUT2D eigenvalue weighted by Gasteiger charge is -2.21.